The summed E-state index contributed by atoms with van der Waals surface area (Å²) in [5.41, 5.74) is 0.936. The zero-order valence-corrected chi connectivity index (χ0v) is 13.4. The smallest absolute Gasteiger partial charge is 0.242 e. The van der Waals surface area contributed by atoms with Crippen LogP contribution in [0.1, 0.15) is 32.3 Å². The lowest BCUT2D eigenvalue weighted by molar-refractivity contribution is 0.560. The number of hydrogen-bond acceptors (Lipinski definition) is 3. The molecule has 1 aliphatic carbocycles. The Morgan fingerprint density at radius 2 is 2.05 bits per heavy atom. The van der Waals surface area contributed by atoms with Crippen molar-refractivity contribution in [1.82, 2.24) is 10.0 Å². The first-order valence-electron chi connectivity index (χ1n) is 6.90. The Balaban J connectivity index is 2.13. The summed E-state index contributed by atoms with van der Waals surface area (Å²) in [6.07, 6.45) is 2.41. The molecule has 20 heavy (non-hydrogen) atoms. The average Bonchev–Trinajstić information content (AvgIpc) is 3.19. The van der Waals surface area contributed by atoms with Crippen LogP contribution in [0.15, 0.2) is 23.1 Å². The van der Waals surface area contributed by atoms with Gasteiger partial charge in [0, 0.05) is 19.1 Å². The standard InChI is InChI=1S/C14H21ClN2O2S/c1-10(2)8-17-20(18,19)14-7-11(3-6-13(14)15)9-16-12-4-5-12/h3,6-7,10,12,16-17H,4-5,8-9H2,1-2H3. The van der Waals surface area contributed by atoms with Crippen molar-refractivity contribution in [3.8, 4) is 0 Å². The molecule has 1 saturated carbocycles. The van der Waals surface area contributed by atoms with Crippen LogP contribution < -0.4 is 10.0 Å². The maximum atomic E-state index is 12.2. The van der Waals surface area contributed by atoms with Crippen LogP contribution in [-0.4, -0.2) is 21.0 Å². The van der Waals surface area contributed by atoms with Gasteiger partial charge in [0.2, 0.25) is 10.0 Å². The molecule has 1 aromatic carbocycles. The van der Waals surface area contributed by atoms with E-state index in [0.717, 1.165) is 5.56 Å². The van der Waals surface area contributed by atoms with Crippen molar-refractivity contribution in [2.75, 3.05) is 6.54 Å². The molecule has 2 rings (SSSR count). The minimum Gasteiger partial charge on any atom is -0.310 e. The molecular formula is C14H21ClN2O2S. The Kier molecular flexibility index (Phi) is 5.07. The van der Waals surface area contributed by atoms with Crippen LogP contribution in [0.3, 0.4) is 0 Å². The van der Waals surface area contributed by atoms with E-state index in [1.165, 1.54) is 12.8 Å². The molecule has 0 atom stereocenters. The van der Waals surface area contributed by atoms with Gasteiger partial charge in [-0.3, -0.25) is 0 Å². The first-order chi connectivity index (χ1) is 9.38. The Bertz CT molecular complexity index is 569. The van der Waals surface area contributed by atoms with Gasteiger partial charge in [0.25, 0.3) is 0 Å². The highest BCUT2D eigenvalue weighted by atomic mass is 35.5. The molecule has 0 amide bonds. The van der Waals surface area contributed by atoms with Crippen LogP contribution in [0.25, 0.3) is 0 Å². The molecule has 0 spiro atoms. The molecular weight excluding hydrogens is 296 g/mol. The molecule has 0 heterocycles. The molecule has 0 aliphatic heterocycles. The summed E-state index contributed by atoms with van der Waals surface area (Å²) in [7, 11) is -3.54. The van der Waals surface area contributed by atoms with Gasteiger partial charge in [0.05, 0.1) is 5.02 Å². The van der Waals surface area contributed by atoms with Crippen LogP contribution in [0.4, 0.5) is 0 Å². The molecule has 112 valence electrons. The summed E-state index contributed by atoms with van der Waals surface area (Å²) >= 11 is 6.03. The highest BCUT2D eigenvalue weighted by Crippen LogP contribution is 2.24. The number of rotatable bonds is 7. The fraction of sp³-hybridized carbons (Fsp3) is 0.571. The maximum absolute atomic E-state index is 12.2. The van der Waals surface area contributed by atoms with E-state index in [0.29, 0.717) is 19.1 Å². The van der Waals surface area contributed by atoms with Crippen LogP contribution in [0.2, 0.25) is 5.02 Å². The monoisotopic (exact) mass is 316 g/mol. The molecule has 0 unspecified atom stereocenters. The lowest BCUT2D eigenvalue weighted by Crippen LogP contribution is -2.28. The normalized spacial score (nSPS) is 15.8. The molecule has 1 fully saturated rings. The molecule has 1 aromatic rings. The van der Waals surface area contributed by atoms with E-state index in [1.54, 1.807) is 12.1 Å². The van der Waals surface area contributed by atoms with Gasteiger partial charge >= 0.3 is 0 Å². The van der Waals surface area contributed by atoms with Crippen molar-refractivity contribution in [3.63, 3.8) is 0 Å². The van der Waals surface area contributed by atoms with Gasteiger partial charge in [-0.05, 0) is 36.5 Å². The molecule has 4 nitrogen and oxygen atoms in total. The lowest BCUT2D eigenvalue weighted by Gasteiger charge is -2.12. The van der Waals surface area contributed by atoms with Crippen LogP contribution in [-0.2, 0) is 16.6 Å². The maximum Gasteiger partial charge on any atom is 0.242 e. The lowest BCUT2D eigenvalue weighted by atomic mass is 10.2. The second kappa shape index (κ2) is 6.43. The molecule has 6 heteroatoms. The zero-order valence-electron chi connectivity index (χ0n) is 11.8. The quantitative estimate of drug-likeness (QED) is 0.812. The Morgan fingerprint density at radius 1 is 1.35 bits per heavy atom. The van der Waals surface area contributed by atoms with E-state index in [9.17, 15) is 8.42 Å². The van der Waals surface area contributed by atoms with Crippen molar-refractivity contribution in [3.05, 3.63) is 28.8 Å². The second-order valence-electron chi connectivity index (χ2n) is 5.67. The Labute approximate surface area is 126 Å². The number of sulfonamides is 1. The largest absolute Gasteiger partial charge is 0.310 e. The molecule has 2 N–H and O–H groups in total. The third-order valence-corrected chi connectivity index (χ3v) is 5.04. The highest BCUT2D eigenvalue weighted by molar-refractivity contribution is 7.89. The summed E-state index contributed by atoms with van der Waals surface area (Å²) in [5.74, 6) is 0.253. The molecule has 0 saturated heterocycles. The van der Waals surface area contributed by atoms with E-state index in [-0.39, 0.29) is 15.8 Å². The summed E-state index contributed by atoms with van der Waals surface area (Å²) in [5, 5.41) is 3.62. The van der Waals surface area contributed by atoms with Crippen molar-refractivity contribution < 1.29 is 8.42 Å². The predicted molar refractivity (Wildman–Crippen MR) is 81.3 cm³/mol. The summed E-state index contributed by atoms with van der Waals surface area (Å²) in [4.78, 5) is 0.162. The van der Waals surface area contributed by atoms with Gasteiger partial charge in [-0.2, -0.15) is 0 Å². The van der Waals surface area contributed by atoms with Crippen molar-refractivity contribution in [2.45, 2.75) is 44.2 Å². The van der Waals surface area contributed by atoms with Crippen molar-refractivity contribution in [1.29, 1.82) is 0 Å². The van der Waals surface area contributed by atoms with Gasteiger partial charge < -0.3 is 5.32 Å². The van der Waals surface area contributed by atoms with Crippen LogP contribution in [0.5, 0.6) is 0 Å². The fourth-order valence-electron chi connectivity index (χ4n) is 1.77. The summed E-state index contributed by atoms with van der Waals surface area (Å²) < 4.78 is 27.1. The van der Waals surface area contributed by atoms with Gasteiger partial charge in [-0.15, -0.1) is 0 Å². The Hall–Kier alpha value is -0.620. The SMILES string of the molecule is CC(C)CNS(=O)(=O)c1cc(CNC2CC2)ccc1Cl. The van der Waals surface area contributed by atoms with Crippen molar-refractivity contribution >= 4 is 21.6 Å². The van der Waals surface area contributed by atoms with E-state index < -0.39 is 10.0 Å². The minimum atomic E-state index is -3.54. The third kappa shape index (κ3) is 4.45. The zero-order chi connectivity index (χ0) is 14.8. The van der Waals surface area contributed by atoms with Gasteiger partial charge in [0.1, 0.15) is 4.90 Å². The van der Waals surface area contributed by atoms with E-state index >= 15 is 0 Å². The first-order valence-corrected chi connectivity index (χ1v) is 8.76. The summed E-state index contributed by atoms with van der Waals surface area (Å²) in [6.45, 7) is 5.00. The molecule has 0 bridgehead atoms. The Morgan fingerprint density at radius 3 is 2.65 bits per heavy atom. The molecule has 1 aliphatic rings. The predicted octanol–water partition coefficient (Wildman–Crippen LogP) is 2.53. The number of hydrogen-bond donors (Lipinski definition) is 2. The fourth-order valence-corrected chi connectivity index (χ4v) is 3.53. The van der Waals surface area contributed by atoms with E-state index in [4.69, 9.17) is 11.6 Å². The second-order valence-corrected chi connectivity index (χ2v) is 7.81. The van der Waals surface area contributed by atoms with Gasteiger partial charge in [0.15, 0.2) is 0 Å². The first kappa shape index (κ1) is 15.8. The highest BCUT2D eigenvalue weighted by Gasteiger charge is 2.21. The third-order valence-electron chi connectivity index (χ3n) is 3.14. The van der Waals surface area contributed by atoms with Crippen LogP contribution in [0, 0.1) is 5.92 Å². The van der Waals surface area contributed by atoms with Gasteiger partial charge in [-0.1, -0.05) is 31.5 Å². The van der Waals surface area contributed by atoms with E-state index in [1.807, 2.05) is 19.9 Å². The van der Waals surface area contributed by atoms with Gasteiger partial charge in [-0.25, -0.2) is 13.1 Å². The van der Waals surface area contributed by atoms with Crippen molar-refractivity contribution in [2.24, 2.45) is 5.92 Å². The van der Waals surface area contributed by atoms with E-state index in [2.05, 4.69) is 10.0 Å². The van der Waals surface area contributed by atoms with Crippen LogP contribution >= 0.6 is 11.6 Å². The number of benzene rings is 1. The topological polar surface area (TPSA) is 58.2 Å². The molecule has 0 aromatic heterocycles. The molecule has 0 radical (unpaired) electrons. The number of nitrogens with one attached hydrogen (secondary N) is 2. The summed E-state index contributed by atoms with van der Waals surface area (Å²) in [6, 6.07) is 5.75. The minimum absolute atomic E-state index is 0.162. The number of halogens is 1. The average molecular weight is 317 g/mol.